The number of nitrogens with one attached hydrogen (secondary N) is 1. The van der Waals surface area contributed by atoms with Crippen molar-refractivity contribution >= 4 is 5.69 Å². The third kappa shape index (κ3) is 3.17. The molecule has 0 amide bonds. The van der Waals surface area contributed by atoms with Crippen molar-refractivity contribution in [1.82, 2.24) is 9.55 Å². The Morgan fingerprint density at radius 3 is 2.76 bits per heavy atom. The lowest BCUT2D eigenvalue weighted by atomic mass is 10.3. The molecule has 2 rings (SSSR count). The summed E-state index contributed by atoms with van der Waals surface area (Å²) in [7, 11) is 0. The number of anilines is 1. The van der Waals surface area contributed by atoms with E-state index in [0.717, 1.165) is 17.9 Å². The van der Waals surface area contributed by atoms with E-state index in [2.05, 4.69) is 17.2 Å². The Hall–Kier alpha value is -2.10. The maximum atomic E-state index is 11.0. The van der Waals surface area contributed by atoms with Crippen LogP contribution in [0.1, 0.15) is 12.6 Å². The lowest BCUT2D eigenvalue weighted by Gasteiger charge is -2.07. The first-order valence-corrected chi connectivity index (χ1v) is 5.63. The van der Waals surface area contributed by atoms with Crippen LogP contribution in [-0.4, -0.2) is 16.1 Å². The SMILES string of the molecule is CCNc1ccnc(Cn2ccc(=O)cc2)c1. The van der Waals surface area contributed by atoms with E-state index in [9.17, 15) is 4.79 Å². The van der Waals surface area contributed by atoms with Gasteiger partial charge in [0, 0.05) is 43.0 Å². The number of nitrogens with zero attached hydrogens (tertiary/aromatic N) is 2. The first-order valence-electron chi connectivity index (χ1n) is 5.63. The van der Waals surface area contributed by atoms with Crippen LogP contribution in [0.3, 0.4) is 0 Å². The molecular weight excluding hydrogens is 214 g/mol. The fourth-order valence-corrected chi connectivity index (χ4v) is 1.61. The smallest absolute Gasteiger partial charge is 0.181 e. The molecular formula is C13H15N3O. The predicted molar refractivity (Wildman–Crippen MR) is 68.2 cm³/mol. The maximum Gasteiger partial charge on any atom is 0.181 e. The van der Waals surface area contributed by atoms with Crippen molar-refractivity contribution < 1.29 is 0 Å². The van der Waals surface area contributed by atoms with E-state index in [1.165, 1.54) is 0 Å². The van der Waals surface area contributed by atoms with Gasteiger partial charge in [0.1, 0.15) is 0 Å². The molecule has 0 aliphatic rings. The van der Waals surface area contributed by atoms with Gasteiger partial charge >= 0.3 is 0 Å². The lowest BCUT2D eigenvalue weighted by Crippen LogP contribution is -2.06. The molecule has 88 valence electrons. The second-order valence-electron chi connectivity index (χ2n) is 3.77. The highest BCUT2D eigenvalue weighted by atomic mass is 16.1. The van der Waals surface area contributed by atoms with Crippen LogP contribution in [0.5, 0.6) is 0 Å². The molecule has 0 aliphatic carbocycles. The molecule has 2 aromatic rings. The van der Waals surface area contributed by atoms with E-state index >= 15 is 0 Å². The number of pyridine rings is 2. The highest BCUT2D eigenvalue weighted by molar-refractivity contribution is 5.42. The summed E-state index contributed by atoms with van der Waals surface area (Å²) in [6.45, 7) is 3.61. The van der Waals surface area contributed by atoms with E-state index in [-0.39, 0.29) is 5.43 Å². The molecule has 0 fully saturated rings. The fourth-order valence-electron chi connectivity index (χ4n) is 1.61. The van der Waals surface area contributed by atoms with Crippen molar-refractivity contribution in [3.63, 3.8) is 0 Å². The Balaban J connectivity index is 2.15. The van der Waals surface area contributed by atoms with E-state index in [0.29, 0.717) is 6.54 Å². The first-order chi connectivity index (χ1) is 8.28. The quantitative estimate of drug-likeness (QED) is 0.868. The van der Waals surface area contributed by atoms with Crippen LogP contribution in [-0.2, 0) is 6.54 Å². The normalized spacial score (nSPS) is 10.2. The van der Waals surface area contributed by atoms with E-state index in [1.54, 1.807) is 30.7 Å². The van der Waals surface area contributed by atoms with Crippen LogP contribution >= 0.6 is 0 Å². The van der Waals surface area contributed by atoms with Crippen molar-refractivity contribution in [1.29, 1.82) is 0 Å². The molecule has 17 heavy (non-hydrogen) atoms. The standard InChI is InChI=1S/C13H15N3O/c1-2-14-11-3-6-15-12(9-11)10-16-7-4-13(17)5-8-16/h3-9H,2,10H2,1H3,(H,14,15). The van der Waals surface area contributed by atoms with E-state index < -0.39 is 0 Å². The molecule has 4 nitrogen and oxygen atoms in total. The van der Waals surface area contributed by atoms with Crippen molar-refractivity contribution in [2.45, 2.75) is 13.5 Å². The highest BCUT2D eigenvalue weighted by Gasteiger charge is 1.97. The van der Waals surface area contributed by atoms with Gasteiger partial charge < -0.3 is 9.88 Å². The summed E-state index contributed by atoms with van der Waals surface area (Å²) < 4.78 is 1.93. The van der Waals surface area contributed by atoms with Gasteiger partial charge in [-0.25, -0.2) is 0 Å². The monoisotopic (exact) mass is 229 g/mol. The Kier molecular flexibility index (Phi) is 3.55. The molecule has 0 spiro atoms. The number of aromatic nitrogens is 2. The third-order valence-corrected chi connectivity index (χ3v) is 2.40. The average Bonchev–Trinajstić information content (AvgIpc) is 2.33. The van der Waals surface area contributed by atoms with Crippen LogP contribution in [0.25, 0.3) is 0 Å². The number of hydrogen-bond acceptors (Lipinski definition) is 3. The van der Waals surface area contributed by atoms with Gasteiger partial charge in [0.25, 0.3) is 0 Å². The van der Waals surface area contributed by atoms with E-state index in [4.69, 9.17) is 0 Å². The molecule has 0 atom stereocenters. The van der Waals surface area contributed by atoms with Gasteiger partial charge in [-0.1, -0.05) is 0 Å². The van der Waals surface area contributed by atoms with Gasteiger partial charge in [-0.3, -0.25) is 9.78 Å². The molecule has 2 aromatic heterocycles. The zero-order chi connectivity index (χ0) is 12.1. The van der Waals surface area contributed by atoms with E-state index in [1.807, 2.05) is 16.7 Å². The zero-order valence-electron chi connectivity index (χ0n) is 9.76. The molecule has 0 saturated carbocycles. The molecule has 0 aliphatic heterocycles. The summed E-state index contributed by atoms with van der Waals surface area (Å²) in [5.74, 6) is 0. The van der Waals surface area contributed by atoms with Gasteiger partial charge in [-0.15, -0.1) is 0 Å². The summed E-state index contributed by atoms with van der Waals surface area (Å²) in [4.78, 5) is 15.3. The van der Waals surface area contributed by atoms with Crippen molar-refractivity contribution in [3.05, 3.63) is 58.8 Å². The second kappa shape index (κ2) is 5.30. The molecule has 0 aromatic carbocycles. The summed E-state index contributed by atoms with van der Waals surface area (Å²) in [5.41, 5.74) is 2.06. The largest absolute Gasteiger partial charge is 0.385 e. The molecule has 4 heteroatoms. The Labute approximate surface area is 99.9 Å². The van der Waals surface area contributed by atoms with Gasteiger partial charge in [-0.2, -0.15) is 0 Å². The van der Waals surface area contributed by atoms with Crippen molar-refractivity contribution in [2.75, 3.05) is 11.9 Å². The molecule has 1 N–H and O–H groups in total. The Morgan fingerprint density at radius 2 is 2.06 bits per heavy atom. The summed E-state index contributed by atoms with van der Waals surface area (Å²) in [6.07, 6.45) is 5.32. The zero-order valence-corrected chi connectivity index (χ0v) is 9.76. The second-order valence-corrected chi connectivity index (χ2v) is 3.77. The van der Waals surface area contributed by atoms with Gasteiger partial charge in [0.05, 0.1) is 12.2 Å². The van der Waals surface area contributed by atoms with Crippen LogP contribution in [0.2, 0.25) is 0 Å². The molecule has 0 unspecified atom stereocenters. The minimum Gasteiger partial charge on any atom is -0.385 e. The average molecular weight is 229 g/mol. The topological polar surface area (TPSA) is 46.9 Å². The van der Waals surface area contributed by atoms with Gasteiger partial charge in [-0.05, 0) is 19.1 Å². The summed E-state index contributed by atoms with van der Waals surface area (Å²) >= 11 is 0. The lowest BCUT2D eigenvalue weighted by molar-refractivity contribution is 0.766. The number of rotatable bonds is 4. The minimum atomic E-state index is 0.0237. The maximum absolute atomic E-state index is 11.0. The van der Waals surface area contributed by atoms with Crippen molar-refractivity contribution in [3.8, 4) is 0 Å². The van der Waals surface area contributed by atoms with Gasteiger partial charge in [0.2, 0.25) is 0 Å². The van der Waals surface area contributed by atoms with Crippen LogP contribution < -0.4 is 10.7 Å². The predicted octanol–water partition coefficient (Wildman–Crippen LogP) is 1.72. The third-order valence-electron chi connectivity index (χ3n) is 2.40. The van der Waals surface area contributed by atoms with Crippen LogP contribution in [0, 0.1) is 0 Å². The molecule has 0 radical (unpaired) electrons. The summed E-state index contributed by atoms with van der Waals surface area (Å²) in [6, 6.07) is 7.06. The van der Waals surface area contributed by atoms with Gasteiger partial charge in [0.15, 0.2) is 5.43 Å². The summed E-state index contributed by atoms with van der Waals surface area (Å²) in [5, 5.41) is 3.24. The Morgan fingerprint density at radius 1 is 1.29 bits per heavy atom. The minimum absolute atomic E-state index is 0.0237. The van der Waals surface area contributed by atoms with Crippen LogP contribution in [0.4, 0.5) is 5.69 Å². The highest BCUT2D eigenvalue weighted by Crippen LogP contribution is 2.08. The first kappa shape index (κ1) is 11.4. The molecule has 0 bridgehead atoms. The number of hydrogen-bond donors (Lipinski definition) is 1. The van der Waals surface area contributed by atoms with Crippen LogP contribution in [0.15, 0.2) is 47.7 Å². The molecule has 2 heterocycles. The Bertz CT molecular complexity index is 528. The fraction of sp³-hybridized carbons (Fsp3) is 0.231. The molecule has 0 saturated heterocycles. The van der Waals surface area contributed by atoms with Crippen molar-refractivity contribution in [2.24, 2.45) is 0 Å².